The van der Waals surface area contributed by atoms with Crippen LogP contribution in [-0.2, 0) is 4.79 Å². The highest BCUT2D eigenvalue weighted by Gasteiger charge is 2.39. The lowest BCUT2D eigenvalue weighted by Crippen LogP contribution is -2.44. The molecule has 0 aromatic heterocycles. The number of amides is 1. The van der Waals surface area contributed by atoms with Crippen molar-refractivity contribution >= 4 is 5.91 Å². The zero-order valence-corrected chi connectivity index (χ0v) is 8.25. The van der Waals surface area contributed by atoms with Gasteiger partial charge in [0.25, 0.3) is 0 Å². The van der Waals surface area contributed by atoms with Crippen LogP contribution in [0.3, 0.4) is 0 Å². The van der Waals surface area contributed by atoms with E-state index < -0.39 is 0 Å². The minimum Gasteiger partial charge on any atom is -0.339 e. The van der Waals surface area contributed by atoms with E-state index in [1.807, 2.05) is 0 Å². The van der Waals surface area contributed by atoms with Crippen LogP contribution in [0.15, 0.2) is 0 Å². The molecule has 0 aliphatic carbocycles. The van der Waals surface area contributed by atoms with Crippen molar-refractivity contribution in [3.8, 4) is 0 Å². The number of carbonyl (C=O) groups excluding carboxylic acids is 1. The molecule has 2 heterocycles. The lowest BCUT2D eigenvalue weighted by molar-refractivity contribution is -0.129. The van der Waals surface area contributed by atoms with Crippen molar-refractivity contribution in [3.05, 3.63) is 0 Å². The van der Waals surface area contributed by atoms with E-state index >= 15 is 0 Å². The Hall–Kier alpha value is -0.570. The lowest BCUT2D eigenvalue weighted by Gasteiger charge is -2.31. The quantitative estimate of drug-likeness (QED) is 0.678. The standard InChI is InChI=1S/C10H18N2O/c1-2-5-12-9-3-4-11-7-8(9)6-10(12)13/h8-9,11H,2-7H2,1H3. The maximum Gasteiger partial charge on any atom is 0.223 e. The van der Waals surface area contributed by atoms with Crippen LogP contribution in [0.1, 0.15) is 26.2 Å². The Morgan fingerprint density at radius 2 is 2.46 bits per heavy atom. The molecule has 3 nitrogen and oxygen atoms in total. The smallest absolute Gasteiger partial charge is 0.223 e. The second-order valence-electron chi connectivity index (χ2n) is 4.11. The second kappa shape index (κ2) is 3.66. The van der Waals surface area contributed by atoms with Crippen LogP contribution in [0.25, 0.3) is 0 Å². The van der Waals surface area contributed by atoms with Crippen LogP contribution in [-0.4, -0.2) is 36.5 Å². The van der Waals surface area contributed by atoms with Crippen LogP contribution in [0, 0.1) is 5.92 Å². The summed E-state index contributed by atoms with van der Waals surface area (Å²) in [5.74, 6) is 0.966. The topological polar surface area (TPSA) is 32.3 Å². The van der Waals surface area contributed by atoms with E-state index in [4.69, 9.17) is 0 Å². The molecule has 2 rings (SSSR count). The SMILES string of the molecule is CCCN1C(=O)CC2CNCCC21. The van der Waals surface area contributed by atoms with Gasteiger partial charge in [-0.1, -0.05) is 6.92 Å². The van der Waals surface area contributed by atoms with Gasteiger partial charge in [-0.25, -0.2) is 0 Å². The maximum absolute atomic E-state index is 11.6. The Labute approximate surface area is 79.5 Å². The fourth-order valence-corrected chi connectivity index (χ4v) is 2.59. The average molecular weight is 182 g/mol. The third-order valence-electron chi connectivity index (χ3n) is 3.19. The van der Waals surface area contributed by atoms with Gasteiger partial charge in [-0.2, -0.15) is 0 Å². The number of fused-ring (bicyclic) bond motifs is 1. The molecule has 2 fully saturated rings. The van der Waals surface area contributed by atoms with Crippen LogP contribution in [0.4, 0.5) is 0 Å². The van der Waals surface area contributed by atoms with Gasteiger partial charge < -0.3 is 10.2 Å². The van der Waals surface area contributed by atoms with Gasteiger partial charge in [-0.05, 0) is 19.4 Å². The minimum atomic E-state index is 0.376. The molecule has 0 aromatic rings. The third kappa shape index (κ3) is 1.57. The summed E-state index contributed by atoms with van der Waals surface area (Å²) in [6.45, 7) is 5.22. The molecule has 0 spiro atoms. The largest absolute Gasteiger partial charge is 0.339 e. The van der Waals surface area contributed by atoms with Crippen molar-refractivity contribution < 1.29 is 4.79 Å². The molecule has 0 radical (unpaired) electrons. The predicted octanol–water partition coefficient (Wildman–Crippen LogP) is 0.607. The maximum atomic E-state index is 11.6. The van der Waals surface area contributed by atoms with Gasteiger partial charge in [0.05, 0.1) is 0 Å². The molecule has 1 amide bonds. The second-order valence-corrected chi connectivity index (χ2v) is 4.11. The minimum absolute atomic E-state index is 0.376. The van der Waals surface area contributed by atoms with E-state index in [1.165, 1.54) is 0 Å². The van der Waals surface area contributed by atoms with Crippen molar-refractivity contribution in [2.75, 3.05) is 19.6 Å². The van der Waals surface area contributed by atoms with Gasteiger partial charge in [0.15, 0.2) is 0 Å². The van der Waals surface area contributed by atoms with E-state index in [1.54, 1.807) is 0 Å². The van der Waals surface area contributed by atoms with E-state index in [-0.39, 0.29) is 0 Å². The number of likely N-dealkylation sites (tertiary alicyclic amines) is 1. The first-order chi connectivity index (χ1) is 6.33. The number of hydrogen-bond donors (Lipinski definition) is 1. The molecule has 13 heavy (non-hydrogen) atoms. The van der Waals surface area contributed by atoms with Gasteiger partial charge in [0, 0.05) is 31.5 Å². The van der Waals surface area contributed by atoms with Crippen LogP contribution in [0.2, 0.25) is 0 Å². The summed E-state index contributed by atoms with van der Waals surface area (Å²) in [6, 6.07) is 0.550. The Morgan fingerprint density at radius 3 is 3.23 bits per heavy atom. The Kier molecular flexibility index (Phi) is 2.54. The number of hydrogen-bond acceptors (Lipinski definition) is 2. The van der Waals surface area contributed by atoms with Crippen molar-refractivity contribution in [1.82, 2.24) is 10.2 Å². The van der Waals surface area contributed by atoms with Crippen molar-refractivity contribution in [2.24, 2.45) is 5.92 Å². The molecule has 3 heteroatoms. The summed E-state index contributed by atoms with van der Waals surface area (Å²) < 4.78 is 0. The first-order valence-corrected chi connectivity index (χ1v) is 5.33. The Morgan fingerprint density at radius 1 is 1.62 bits per heavy atom. The van der Waals surface area contributed by atoms with Crippen molar-refractivity contribution in [1.29, 1.82) is 0 Å². The van der Waals surface area contributed by atoms with E-state index in [9.17, 15) is 4.79 Å². The van der Waals surface area contributed by atoms with E-state index in [0.29, 0.717) is 17.9 Å². The predicted molar refractivity (Wildman–Crippen MR) is 51.4 cm³/mol. The summed E-state index contributed by atoms with van der Waals surface area (Å²) in [5.41, 5.74) is 0. The molecule has 74 valence electrons. The normalized spacial score (nSPS) is 33.6. The highest BCUT2D eigenvalue weighted by molar-refractivity contribution is 5.79. The number of nitrogens with zero attached hydrogens (tertiary/aromatic N) is 1. The zero-order valence-electron chi connectivity index (χ0n) is 8.25. The molecular weight excluding hydrogens is 164 g/mol. The monoisotopic (exact) mass is 182 g/mol. The van der Waals surface area contributed by atoms with Crippen molar-refractivity contribution in [3.63, 3.8) is 0 Å². The molecular formula is C10H18N2O. The number of carbonyl (C=O) groups is 1. The molecule has 0 bridgehead atoms. The van der Waals surface area contributed by atoms with Crippen LogP contribution in [0.5, 0.6) is 0 Å². The van der Waals surface area contributed by atoms with Gasteiger partial charge in [-0.3, -0.25) is 4.79 Å². The molecule has 0 saturated carbocycles. The number of rotatable bonds is 2. The third-order valence-corrected chi connectivity index (χ3v) is 3.19. The Balaban J connectivity index is 2.04. The molecule has 0 aromatic carbocycles. The summed E-state index contributed by atoms with van der Waals surface area (Å²) in [7, 11) is 0. The molecule has 2 saturated heterocycles. The van der Waals surface area contributed by atoms with Gasteiger partial charge in [0.1, 0.15) is 0 Å². The Bertz CT molecular complexity index is 205. The van der Waals surface area contributed by atoms with Crippen molar-refractivity contribution in [2.45, 2.75) is 32.2 Å². The molecule has 2 atom stereocenters. The van der Waals surface area contributed by atoms with E-state index in [0.717, 1.165) is 38.9 Å². The van der Waals surface area contributed by atoms with Gasteiger partial charge in [0.2, 0.25) is 5.91 Å². The summed E-state index contributed by atoms with van der Waals surface area (Å²) in [4.78, 5) is 13.7. The molecule has 2 aliphatic rings. The zero-order chi connectivity index (χ0) is 9.26. The van der Waals surface area contributed by atoms with E-state index in [2.05, 4.69) is 17.1 Å². The van der Waals surface area contributed by atoms with Crippen LogP contribution >= 0.6 is 0 Å². The molecule has 2 aliphatic heterocycles. The molecule has 2 unspecified atom stereocenters. The fraction of sp³-hybridized carbons (Fsp3) is 0.900. The summed E-state index contributed by atoms with van der Waals surface area (Å²) >= 11 is 0. The summed E-state index contributed by atoms with van der Waals surface area (Å²) in [5, 5.41) is 3.36. The lowest BCUT2D eigenvalue weighted by atomic mass is 9.94. The summed E-state index contributed by atoms with van der Waals surface area (Å²) in [6.07, 6.45) is 3.01. The number of nitrogens with one attached hydrogen (secondary N) is 1. The highest BCUT2D eigenvalue weighted by atomic mass is 16.2. The van der Waals surface area contributed by atoms with Gasteiger partial charge >= 0.3 is 0 Å². The van der Waals surface area contributed by atoms with Crippen LogP contribution < -0.4 is 5.32 Å². The first kappa shape index (κ1) is 9.00. The first-order valence-electron chi connectivity index (χ1n) is 5.33. The fourth-order valence-electron chi connectivity index (χ4n) is 2.59. The van der Waals surface area contributed by atoms with Gasteiger partial charge in [-0.15, -0.1) is 0 Å². The highest BCUT2D eigenvalue weighted by Crippen LogP contribution is 2.29. The number of piperidine rings is 1. The average Bonchev–Trinajstić information content (AvgIpc) is 2.44. The molecule has 1 N–H and O–H groups in total.